The van der Waals surface area contributed by atoms with Crippen molar-refractivity contribution in [2.45, 2.75) is 65.7 Å². The van der Waals surface area contributed by atoms with Gasteiger partial charge in [-0.25, -0.2) is 0 Å². The van der Waals surface area contributed by atoms with Gasteiger partial charge in [0.15, 0.2) is 0 Å². The van der Waals surface area contributed by atoms with E-state index in [9.17, 15) is 0 Å². The predicted octanol–water partition coefficient (Wildman–Crippen LogP) is 4.39. The van der Waals surface area contributed by atoms with Gasteiger partial charge < -0.3 is 0 Å². The van der Waals surface area contributed by atoms with Crippen LogP contribution in [0.3, 0.4) is 0 Å². The van der Waals surface area contributed by atoms with Gasteiger partial charge in [0.05, 0.1) is 0 Å². The fraction of sp³-hybridized carbons (Fsp3) is 1.00. The van der Waals surface area contributed by atoms with Crippen LogP contribution in [0.5, 0.6) is 0 Å². The van der Waals surface area contributed by atoms with Gasteiger partial charge in [0.1, 0.15) is 0 Å². The summed E-state index contributed by atoms with van der Waals surface area (Å²) in [5, 5.41) is 0. The van der Waals surface area contributed by atoms with Crippen LogP contribution in [0.1, 0.15) is 65.7 Å². The maximum absolute atomic E-state index is 2.45. The van der Waals surface area contributed by atoms with Crippen LogP contribution in [-0.2, 0) is 0 Å². The molecule has 0 aliphatic heterocycles. The average molecular weight is 180 g/mol. The normalized spacial score (nSPS) is 28.8. The Morgan fingerprint density at radius 2 is 1.46 bits per heavy atom. The van der Waals surface area contributed by atoms with Crippen molar-refractivity contribution in [2.24, 2.45) is 16.7 Å². The molecule has 0 nitrogen and oxygen atoms in total. The number of rotatable bonds is 1. The van der Waals surface area contributed by atoms with Gasteiger partial charge in [-0.05, 0) is 42.4 Å². The zero-order valence-electron chi connectivity index (χ0n) is 9.53. The molecule has 0 amide bonds. The first-order chi connectivity index (χ1) is 6.06. The highest BCUT2D eigenvalue weighted by atomic mass is 14.6. The maximum Gasteiger partial charge on any atom is -0.0220 e. The first-order valence-electron chi connectivity index (χ1n) is 6.06. The summed E-state index contributed by atoms with van der Waals surface area (Å²) in [6.45, 7) is 7.36. The second kappa shape index (κ2) is 3.00. The van der Waals surface area contributed by atoms with Gasteiger partial charge in [-0.2, -0.15) is 0 Å². The fourth-order valence-corrected chi connectivity index (χ4v) is 3.56. The van der Waals surface area contributed by atoms with E-state index in [0.717, 1.165) is 11.3 Å². The lowest BCUT2D eigenvalue weighted by Crippen LogP contribution is -2.31. The van der Waals surface area contributed by atoms with E-state index in [4.69, 9.17) is 0 Å². The molecule has 76 valence electrons. The first-order valence-corrected chi connectivity index (χ1v) is 6.06. The van der Waals surface area contributed by atoms with Crippen LogP contribution < -0.4 is 0 Å². The van der Waals surface area contributed by atoms with E-state index in [-0.39, 0.29) is 0 Å². The molecule has 2 fully saturated rings. The van der Waals surface area contributed by atoms with E-state index in [2.05, 4.69) is 20.8 Å². The number of hydrogen-bond donors (Lipinski definition) is 0. The summed E-state index contributed by atoms with van der Waals surface area (Å²) in [4.78, 5) is 0. The quantitative estimate of drug-likeness (QED) is 0.561. The van der Waals surface area contributed by atoms with Crippen LogP contribution >= 0.6 is 0 Å². The molecule has 2 aliphatic rings. The summed E-state index contributed by atoms with van der Waals surface area (Å²) in [6.07, 6.45) is 10.6. The third kappa shape index (κ3) is 1.53. The van der Waals surface area contributed by atoms with Crippen LogP contribution in [0.2, 0.25) is 0 Å². The Labute approximate surface area is 83.1 Å². The highest BCUT2D eigenvalue weighted by molar-refractivity contribution is 5.05. The van der Waals surface area contributed by atoms with Crippen LogP contribution in [-0.4, -0.2) is 0 Å². The standard InChI is InChI=1S/C13H24/c1-12(2,3)13(9-10-13)11-7-5-4-6-8-11/h11H,4-10H2,1-3H3. The highest BCUT2D eigenvalue weighted by Crippen LogP contribution is 2.65. The monoisotopic (exact) mass is 180 g/mol. The zero-order chi connectivity index (χ0) is 9.53. The predicted molar refractivity (Wildman–Crippen MR) is 57.7 cm³/mol. The molecule has 0 unspecified atom stereocenters. The molecule has 0 atom stereocenters. The van der Waals surface area contributed by atoms with Gasteiger partial charge in [-0.3, -0.25) is 0 Å². The molecular weight excluding hydrogens is 156 g/mol. The van der Waals surface area contributed by atoms with E-state index in [0.29, 0.717) is 5.41 Å². The third-order valence-electron chi connectivity index (χ3n) is 4.67. The fourth-order valence-electron chi connectivity index (χ4n) is 3.56. The molecule has 0 spiro atoms. The smallest absolute Gasteiger partial charge is 0.0220 e. The average Bonchev–Trinajstić information content (AvgIpc) is 2.84. The van der Waals surface area contributed by atoms with Crippen LogP contribution in [0.4, 0.5) is 0 Å². The minimum Gasteiger partial charge on any atom is -0.0596 e. The molecule has 2 aliphatic carbocycles. The number of hydrogen-bond acceptors (Lipinski definition) is 0. The first kappa shape index (κ1) is 9.55. The lowest BCUT2D eigenvalue weighted by molar-refractivity contribution is 0.0989. The molecular formula is C13H24. The van der Waals surface area contributed by atoms with Crippen molar-refractivity contribution >= 4 is 0 Å². The lowest BCUT2D eigenvalue weighted by atomic mass is 9.65. The van der Waals surface area contributed by atoms with Gasteiger partial charge in [-0.15, -0.1) is 0 Å². The van der Waals surface area contributed by atoms with E-state index >= 15 is 0 Å². The van der Waals surface area contributed by atoms with Gasteiger partial charge in [0.2, 0.25) is 0 Å². The Bertz CT molecular complexity index is 175. The molecule has 0 N–H and O–H groups in total. The van der Waals surface area contributed by atoms with E-state index < -0.39 is 0 Å². The molecule has 0 aromatic rings. The summed E-state index contributed by atoms with van der Waals surface area (Å²) in [5.41, 5.74) is 1.32. The minimum absolute atomic E-state index is 0.564. The lowest BCUT2D eigenvalue weighted by Gasteiger charge is -2.40. The van der Waals surface area contributed by atoms with Gasteiger partial charge in [-0.1, -0.05) is 40.0 Å². The maximum atomic E-state index is 2.45. The van der Waals surface area contributed by atoms with Crippen LogP contribution in [0, 0.1) is 16.7 Å². The molecule has 0 saturated heterocycles. The van der Waals surface area contributed by atoms with E-state index in [1.165, 1.54) is 44.9 Å². The third-order valence-corrected chi connectivity index (χ3v) is 4.67. The topological polar surface area (TPSA) is 0 Å². The van der Waals surface area contributed by atoms with Crippen molar-refractivity contribution in [1.29, 1.82) is 0 Å². The molecule has 0 radical (unpaired) electrons. The van der Waals surface area contributed by atoms with Crippen molar-refractivity contribution in [3.05, 3.63) is 0 Å². The molecule has 0 heterocycles. The van der Waals surface area contributed by atoms with E-state index in [1.54, 1.807) is 0 Å². The summed E-state index contributed by atoms with van der Waals surface area (Å²) in [6, 6.07) is 0. The van der Waals surface area contributed by atoms with Crippen molar-refractivity contribution in [3.8, 4) is 0 Å². The molecule has 2 rings (SSSR count). The minimum atomic E-state index is 0.564. The molecule has 0 aromatic heterocycles. The van der Waals surface area contributed by atoms with Crippen molar-refractivity contribution < 1.29 is 0 Å². The van der Waals surface area contributed by atoms with Crippen molar-refractivity contribution in [3.63, 3.8) is 0 Å². The van der Waals surface area contributed by atoms with Gasteiger partial charge in [0.25, 0.3) is 0 Å². The molecule has 2 saturated carbocycles. The molecule has 0 bridgehead atoms. The van der Waals surface area contributed by atoms with Gasteiger partial charge in [0, 0.05) is 0 Å². The zero-order valence-corrected chi connectivity index (χ0v) is 9.53. The van der Waals surface area contributed by atoms with Gasteiger partial charge >= 0.3 is 0 Å². The Morgan fingerprint density at radius 1 is 0.923 bits per heavy atom. The molecule has 13 heavy (non-hydrogen) atoms. The van der Waals surface area contributed by atoms with Crippen molar-refractivity contribution in [2.75, 3.05) is 0 Å². The molecule has 0 heteroatoms. The second-order valence-corrected chi connectivity index (χ2v) is 6.24. The summed E-state index contributed by atoms with van der Waals surface area (Å²) >= 11 is 0. The second-order valence-electron chi connectivity index (χ2n) is 6.24. The SMILES string of the molecule is CC(C)(C)C1(C2CCCCC2)CC1. The molecule has 0 aromatic carbocycles. The summed E-state index contributed by atoms with van der Waals surface area (Å²) < 4.78 is 0. The Hall–Kier alpha value is 0. The summed E-state index contributed by atoms with van der Waals surface area (Å²) in [5.74, 6) is 1.07. The Kier molecular flexibility index (Phi) is 2.20. The Morgan fingerprint density at radius 3 is 1.85 bits per heavy atom. The van der Waals surface area contributed by atoms with E-state index in [1.807, 2.05) is 0 Å². The summed E-state index contributed by atoms with van der Waals surface area (Å²) in [7, 11) is 0. The van der Waals surface area contributed by atoms with Crippen LogP contribution in [0.25, 0.3) is 0 Å². The largest absolute Gasteiger partial charge is 0.0596 e. The highest BCUT2D eigenvalue weighted by Gasteiger charge is 2.56. The van der Waals surface area contributed by atoms with Crippen LogP contribution in [0.15, 0.2) is 0 Å². The Balaban J connectivity index is 2.06. The van der Waals surface area contributed by atoms with Crippen molar-refractivity contribution in [1.82, 2.24) is 0 Å².